The fourth-order valence-electron chi connectivity index (χ4n) is 3.26. The first-order valence-corrected chi connectivity index (χ1v) is 9.72. The number of carbonyl (C=O) groups is 1. The van der Waals surface area contributed by atoms with Gasteiger partial charge in [0.15, 0.2) is 0 Å². The standard InChI is InChI=1S/C19H26N4OS/c1-15-12-21-19(25-15)16-6-5-10-23(13-16)18(24)8-11-22(2)14-17-7-3-4-9-20-17/h3-4,7,9,12,16H,5-6,8,10-11,13-14H2,1-2H3. The van der Waals surface area contributed by atoms with Gasteiger partial charge in [-0.05, 0) is 38.9 Å². The van der Waals surface area contributed by atoms with Gasteiger partial charge in [0, 0.05) is 55.8 Å². The van der Waals surface area contributed by atoms with Crippen LogP contribution in [0.4, 0.5) is 0 Å². The second kappa shape index (κ2) is 8.54. The topological polar surface area (TPSA) is 49.3 Å². The number of thiazole rings is 1. The molecule has 0 aromatic carbocycles. The molecule has 0 bridgehead atoms. The summed E-state index contributed by atoms with van der Waals surface area (Å²) in [7, 11) is 2.04. The van der Waals surface area contributed by atoms with E-state index >= 15 is 0 Å². The second-order valence-electron chi connectivity index (χ2n) is 6.80. The summed E-state index contributed by atoms with van der Waals surface area (Å²) in [5, 5.41) is 1.18. The summed E-state index contributed by atoms with van der Waals surface area (Å²) in [6.45, 7) is 5.31. The third-order valence-electron chi connectivity index (χ3n) is 4.63. The number of likely N-dealkylation sites (tertiary alicyclic amines) is 1. The van der Waals surface area contributed by atoms with Gasteiger partial charge < -0.3 is 9.80 Å². The molecule has 1 unspecified atom stereocenters. The lowest BCUT2D eigenvalue weighted by Gasteiger charge is -2.32. The average molecular weight is 359 g/mol. The van der Waals surface area contributed by atoms with E-state index < -0.39 is 0 Å². The number of hydrogen-bond donors (Lipinski definition) is 0. The molecular weight excluding hydrogens is 332 g/mol. The van der Waals surface area contributed by atoms with E-state index in [9.17, 15) is 4.79 Å². The van der Waals surface area contributed by atoms with Crippen molar-refractivity contribution in [3.63, 3.8) is 0 Å². The molecule has 1 fully saturated rings. The molecule has 1 aliphatic rings. The highest BCUT2D eigenvalue weighted by atomic mass is 32.1. The monoisotopic (exact) mass is 358 g/mol. The lowest BCUT2D eigenvalue weighted by Crippen LogP contribution is -2.40. The molecule has 3 rings (SSSR count). The zero-order valence-corrected chi connectivity index (χ0v) is 15.8. The van der Waals surface area contributed by atoms with Crippen LogP contribution in [0, 0.1) is 6.92 Å². The fourth-order valence-corrected chi connectivity index (χ4v) is 4.16. The van der Waals surface area contributed by atoms with Crippen LogP contribution in [0.1, 0.15) is 40.8 Å². The molecular formula is C19H26N4OS. The van der Waals surface area contributed by atoms with Crippen molar-refractivity contribution in [1.82, 2.24) is 19.8 Å². The van der Waals surface area contributed by atoms with E-state index in [1.54, 1.807) is 11.3 Å². The number of piperidine rings is 1. The molecule has 0 radical (unpaired) electrons. The predicted molar refractivity (Wildman–Crippen MR) is 101 cm³/mol. The van der Waals surface area contributed by atoms with E-state index in [-0.39, 0.29) is 5.91 Å². The number of nitrogens with zero attached hydrogens (tertiary/aromatic N) is 4. The van der Waals surface area contributed by atoms with Crippen molar-refractivity contribution >= 4 is 17.2 Å². The Balaban J connectivity index is 1.47. The largest absolute Gasteiger partial charge is 0.342 e. The highest BCUT2D eigenvalue weighted by molar-refractivity contribution is 7.11. The molecule has 1 atom stereocenters. The number of aryl methyl sites for hydroxylation is 1. The van der Waals surface area contributed by atoms with E-state index in [1.807, 2.05) is 42.5 Å². The van der Waals surface area contributed by atoms with Gasteiger partial charge in [-0.3, -0.25) is 9.78 Å². The highest BCUT2D eigenvalue weighted by Crippen LogP contribution is 2.29. The molecule has 0 aliphatic carbocycles. The third-order valence-corrected chi connectivity index (χ3v) is 5.70. The van der Waals surface area contributed by atoms with Crippen LogP contribution in [0.25, 0.3) is 0 Å². The SMILES string of the molecule is Cc1cnc(C2CCCN(C(=O)CCN(C)Cc3ccccn3)C2)s1. The van der Waals surface area contributed by atoms with Gasteiger partial charge >= 0.3 is 0 Å². The van der Waals surface area contributed by atoms with E-state index in [0.717, 1.165) is 44.7 Å². The highest BCUT2D eigenvalue weighted by Gasteiger charge is 2.26. The van der Waals surface area contributed by atoms with Gasteiger partial charge in [0.1, 0.15) is 0 Å². The number of pyridine rings is 1. The average Bonchev–Trinajstić information content (AvgIpc) is 3.07. The van der Waals surface area contributed by atoms with Gasteiger partial charge in [-0.2, -0.15) is 0 Å². The normalized spacial score (nSPS) is 17.9. The summed E-state index contributed by atoms with van der Waals surface area (Å²) >= 11 is 1.76. The molecule has 25 heavy (non-hydrogen) atoms. The van der Waals surface area contributed by atoms with Crippen LogP contribution in [0.5, 0.6) is 0 Å². The first-order valence-electron chi connectivity index (χ1n) is 8.90. The minimum atomic E-state index is 0.255. The number of hydrogen-bond acceptors (Lipinski definition) is 5. The number of amides is 1. The third kappa shape index (κ3) is 5.09. The zero-order chi connectivity index (χ0) is 17.6. The minimum Gasteiger partial charge on any atom is -0.342 e. The smallest absolute Gasteiger partial charge is 0.223 e. The molecule has 6 heteroatoms. The molecule has 1 amide bonds. The van der Waals surface area contributed by atoms with Crippen LogP contribution in [0.2, 0.25) is 0 Å². The van der Waals surface area contributed by atoms with Crippen molar-refractivity contribution in [2.24, 2.45) is 0 Å². The Morgan fingerprint density at radius 2 is 2.28 bits per heavy atom. The van der Waals surface area contributed by atoms with Crippen LogP contribution in [-0.4, -0.2) is 52.4 Å². The van der Waals surface area contributed by atoms with Gasteiger partial charge in [-0.25, -0.2) is 4.98 Å². The lowest BCUT2D eigenvalue weighted by atomic mass is 9.98. The van der Waals surface area contributed by atoms with Gasteiger partial charge in [0.05, 0.1) is 10.7 Å². The molecule has 0 N–H and O–H groups in total. The summed E-state index contributed by atoms with van der Waals surface area (Å²) in [4.78, 5) is 26.9. The quantitative estimate of drug-likeness (QED) is 0.796. The maximum Gasteiger partial charge on any atom is 0.223 e. The maximum absolute atomic E-state index is 12.6. The summed E-state index contributed by atoms with van der Waals surface area (Å²) in [5.41, 5.74) is 1.04. The van der Waals surface area contributed by atoms with Crippen LogP contribution >= 0.6 is 11.3 Å². The molecule has 3 heterocycles. The molecule has 2 aromatic heterocycles. The number of rotatable bonds is 6. The van der Waals surface area contributed by atoms with Crippen LogP contribution < -0.4 is 0 Å². The minimum absolute atomic E-state index is 0.255. The zero-order valence-electron chi connectivity index (χ0n) is 15.0. The maximum atomic E-state index is 12.6. The Hall–Kier alpha value is -1.79. The first-order chi connectivity index (χ1) is 12.1. The van der Waals surface area contributed by atoms with E-state index in [0.29, 0.717) is 12.3 Å². The van der Waals surface area contributed by atoms with E-state index in [4.69, 9.17) is 0 Å². The summed E-state index contributed by atoms with van der Waals surface area (Å²) < 4.78 is 0. The fraction of sp³-hybridized carbons (Fsp3) is 0.526. The van der Waals surface area contributed by atoms with Crippen LogP contribution in [0.3, 0.4) is 0 Å². The van der Waals surface area contributed by atoms with Crippen LogP contribution in [-0.2, 0) is 11.3 Å². The lowest BCUT2D eigenvalue weighted by molar-refractivity contribution is -0.132. The molecule has 0 saturated carbocycles. The molecule has 1 saturated heterocycles. The number of aromatic nitrogens is 2. The molecule has 5 nitrogen and oxygen atoms in total. The molecule has 2 aromatic rings. The van der Waals surface area contributed by atoms with Crippen LogP contribution in [0.15, 0.2) is 30.6 Å². The number of carbonyl (C=O) groups excluding carboxylic acids is 1. The van der Waals surface area contributed by atoms with Gasteiger partial charge in [-0.15, -0.1) is 11.3 Å². The van der Waals surface area contributed by atoms with Crippen molar-refractivity contribution in [3.05, 3.63) is 46.2 Å². The summed E-state index contributed by atoms with van der Waals surface area (Å²) in [6, 6.07) is 5.93. The Morgan fingerprint density at radius 1 is 1.40 bits per heavy atom. The van der Waals surface area contributed by atoms with E-state index in [2.05, 4.69) is 21.8 Å². The summed E-state index contributed by atoms with van der Waals surface area (Å²) in [5.74, 6) is 0.661. The predicted octanol–water partition coefficient (Wildman–Crippen LogP) is 3.07. The first kappa shape index (κ1) is 18.0. The van der Waals surface area contributed by atoms with Crippen molar-refractivity contribution in [2.45, 2.75) is 38.6 Å². The van der Waals surface area contributed by atoms with Crippen molar-refractivity contribution in [3.8, 4) is 0 Å². The van der Waals surface area contributed by atoms with Gasteiger partial charge in [-0.1, -0.05) is 6.07 Å². The second-order valence-corrected chi connectivity index (χ2v) is 8.06. The summed E-state index contributed by atoms with van der Waals surface area (Å²) in [6.07, 6.45) is 6.51. The molecule has 0 spiro atoms. The molecule has 1 aliphatic heterocycles. The van der Waals surface area contributed by atoms with Crippen molar-refractivity contribution < 1.29 is 4.79 Å². The molecule has 134 valence electrons. The van der Waals surface area contributed by atoms with Crippen molar-refractivity contribution in [1.29, 1.82) is 0 Å². The van der Waals surface area contributed by atoms with Gasteiger partial charge in [0.2, 0.25) is 5.91 Å². The van der Waals surface area contributed by atoms with E-state index in [1.165, 1.54) is 9.88 Å². The Morgan fingerprint density at radius 3 is 3.00 bits per heavy atom. The Labute approximate surface area is 153 Å². The Kier molecular flexibility index (Phi) is 6.15. The Bertz CT molecular complexity index is 688. The van der Waals surface area contributed by atoms with Gasteiger partial charge in [0.25, 0.3) is 0 Å². The van der Waals surface area contributed by atoms with Crippen molar-refractivity contribution in [2.75, 3.05) is 26.7 Å².